The van der Waals surface area contributed by atoms with Crippen molar-refractivity contribution in [2.45, 2.75) is 323 Å². The molecule has 0 aliphatic rings. The van der Waals surface area contributed by atoms with Crippen LogP contribution in [-0.4, -0.2) is 106 Å². The Kier molecular flexibility index (Phi) is 56.8. The van der Waals surface area contributed by atoms with Crippen molar-refractivity contribution in [3.05, 3.63) is 0 Å². The molecule has 75 heavy (non-hydrogen) atoms. The lowest BCUT2D eigenvalue weighted by atomic mass is 9.94. The molecule has 0 radical (unpaired) electrons. The highest BCUT2D eigenvalue weighted by molar-refractivity contribution is 5.72. The maximum Gasteiger partial charge on any atom is 0.409 e. The number of hydrogen-bond acceptors (Lipinski definition) is 8. The fourth-order valence-electron chi connectivity index (χ4n) is 10.6. The van der Waals surface area contributed by atoms with E-state index in [-0.39, 0.29) is 29.9 Å². The van der Waals surface area contributed by atoms with Crippen LogP contribution in [0.5, 0.6) is 0 Å². The van der Waals surface area contributed by atoms with Crippen LogP contribution in [0.2, 0.25) is 0 Å². The van der Waals surface area contributed by atoms with Crippen molar-refractivity contribution in [3.63, 3.8) is 0 Å². The Balaban J connectivity index is 4.57. The molecule has 0 aliphatic heterocycles. The molecule has 0 fully saturated rings. The number of nitrogens with zero attached hydrogens (tertiary/aromatic N) is 3. The van der Waals surface area contributed by atoms with Crippen LogP contribution in [0.25, 0.3) is 0 Å². The number of hydrogen-bond donors (Lipinski definition) is 0. The maximum absolute atomic E-state index is 13.3. The van der Waals surface area contributed by atoms with Crippen LogP contribution in [-0.2, 0) is 23.8 Å². The largest absolute Gasteiger partial charge is 0.465 e. The van der Waals surface area contributed by atoms with Crippen molar-refractivity contribution in [2.24, 2.45) is 11.8 Å². The van der Waals surface area contributed by atoms with Crippen LogP contribution in [0.1, 0.15) is 323 Å². The Morgan fingerprint density at radius 1 is 0.293 bits per heavy atom. The monoisotopic (exact) mass is 1060 g/mol. The Morgan fingerprint density at radius 2 is 0.560 bits per heavy atom. The molecule has 0 aliphatic carbocycles. The normalized spacial score (nSPS) is 11.7. The summed E-state index contributed by atoms with van der Waals surface area (Å²) in [4.78, 5) is 46.2. The van der Waals surface area contributed by atoms with Gasteiger partial charge in [0.1, 0.15) is 0 Å². The van der Waals surface area contributed by atoms with Crippen LogP contribution in [0, 0.1) is 11.8 Å². The number of esters is 2. The van der Waals surface area contributed by atoms with Gasteiger partial charge in [-0.25, -0.2) is 4.79 Å². The Hall–Kier alpha value is -1.87. The van der Waals surface area contributed by atoms with Crippen molar-refractivity contribution in [1.29, 1.82) is 0 Å². The van der Waals surface area contributed by atoms with Crippen molar-refractivity contribution >= 4 is 18.0 Å². The number of carbonyl (C=O) groups excluding carboxylic acids is 3. The SMILES string of the molecule is CCCCCCCCCCC(CCCCCCCCCC)C(=O)OCCCCCCOC(=O)N(CCCN(C)C)CCCN(C)CCCCCCOC(=O)C(CCCCCCCCCC)CCCCCCCCCC. The quantitative estimate of drug-likeness (QED) is 0.0338. The van der Waals surface area contributed by atoms with E-state index in [1.54, 1.807) is 0 Å². The molecular formula is C66H131N3O6. The number of amides is 1. The summed E-state index contributed by atoms with van der Waals surface area (Å²) in [5.41, 5.74) is 0. The zero-order valence-corrected chi connectivity index (χ0v) is 51.6. The second kappa shape index (κ2) is 58.3. The van der Waals surface area contributed by atoms with Gasteiger partial charge in [-0.15, -0.1) is 0 Å². The zero-order valence-electron chi connectivity index (χ0n) is 51.6. The average Bonchev–Trinajstić information content (AvgIpc) is 3.40. The summed E-state index contributed by atoms with van der Waals surface area (Å²) < 4.78 is 17.6. The topological polar surface area (TPSA) is 88.6 Å². The second-order valence-corrected chi connectivity index (χ2v) is 23.5. The van der Waals surface area contributed by atoms with Crippen LogP contribution >= 0.6 is 0 Å². The minimum atomic E-state index is -0.197. The summed E-state index contributed by atoms with van der Waals surface area (Å²) in [5, 5.41) is 0. The molecule has 0 N–H and O–H groups in total. The van der Waals surface area contributed by atoms with E-state index in [2.05, 4.69) is 58.6 Å². The van der Waals surface area contributed by atoms with Gasteiger partial charge in [0.2, 0.25) is 0 Å². The Morgan fingerprint density at radius 3 is 0.893 bits per heavy atom. The summed E-state index contributed by atoms with van der Waals surface area (Å²) in [6, 6.07) is 0. The Labute approximate surface area is 468 Å². The van der Waals surface area contributed by atoms with Gasteiger partial charge in [0.15, 0.2) is 0 Å². The van der Waals surface area contributed by atoms with Gasteiger partial charge in [0.05, 0.1) is 31.7 Å². The molecule has 0 aromatic heterocycles. The van der Waals surface area contributed by atoms with E-state index in [1.807, 2.05) is 4.90 Å². The molecular weight excluding hydrogens is 931 g/mol. The molecule has 0 unspecified atom stereocenters. The second-order valence-electron chi connectivity index (χ2n) is 23.5. The third-order valence-electron chi connectivity index (χ3n) is 15.7. The van der Waals surface area contributed by atoms with E-state index in [9.17, 15) is 14.4 Å². The summed E-state index contributed by atoms with van der Waals surface area (Å²) in [7, 11) is 6.34. The van der Waals surface area contributed by atoms with E-state index in [0.717, 1.165) is 135 Å². The van der Waals surface area contributed by atoms with Crippen LogP contribution in [0.15, 0.2) is 0 Å². The molecule has 9 nitrogen and oxygen atoms in total. The fraction of sp³-hybridized carbons (Fsp3) is 0.955. The predicted molar refractivity (Wildman–Crippen MR) is 323 cm³/mol. The van der Waals surface area contributed by atoms with E-state index in [1.165, 1.54) is 180 Å². The molecule has 446 valence electrons. The van der Waals surface area contributed by atoms with Crippen LogP contribution < -0.4 is 0 Å². The van der Waals surface area contributed by atoms with Gasteiger partial charge in [-0.1, -0.05) is 246 Å². The van der Waals surface area contributed by atoms with Gasteiger partial charge in [0, 0.05) is 13.1 Å². The highest BCUT2D eigenvalue weighted by Gasteiger charge is 2.21. The molecule has 0 aromatic rings. The molecule has 0 rings (SSSR count). The highest BCUT2D eigenvalue weighted by Crippen LogP contribution is 2.23. The number of carbonyl (C=O) groups is 3. The first kappa shape index (κ1) is 73.1. The zero-order chi connectivity index (χ0) is 54.9. The minimum absolute atomic E-state index is 0.0259. The van der Waals surface area contributed by atoms with Gasteiger partial charge >= 0.3 is 18.0 Å². The molecule has 1 amide bonds. The first-order chi connectivity index (χ1) is 36.7. The first-order valence-electron chi connectivity index (χ1n) is 33.3. The Bertz CT molecular complexity index is 1160. The smallest absolute Gasteiger partial charge is 0.409 e. The molecule has 0 saturated carbocycles. The summed E-state index contributed by atoms with van der Waals surface area (Å²) in [6.45, 7) is 14.9. The minimum Gasteiger partial charge on any atom is -0.465 e. The molecule has 0 atom stereocenters. The van der Waals surface area contributed by atoms with Crippen LogP contribution in [0.4, 0.5) is 4.79 Å². The lowest BCUT2D eigenvalue weighted by Crippen LogP contribution is -2.36. The van der Waals surface area contributed by atoms with Gasteiger partial charge in [-0.3, -0.25) is 9.59 Å². The van der Waals surface area contributed by atoms with Gasteiger partial charge in [-0.05, 0) is 118 Å². The molecule has 0 heterocycles. The number of unbranched alkanes of at least 4 members (excludes halogenated alkanes) is 34. The van der Waals surface area contributed by atoms with Gasteiger partial charge in [0.25, 0.3) is 0 Å². The first-order valence-corrected chi connectivity index (χ1v) is 33.3. The van der Waals surface area contributed by atoms with E-state index in [0.29, 0.717) is 32.9 Å². The maximum atomic E-state index is 13.3. The molecule has 0 spiro atoms. The molecule has 0 aromatic carbocycles. The van der Waals surface area contributed by atoms with E-state index < -0.39 is 0 Å². The standard InChI is InChI=1S/C66H131N3O6/c1-8-12-16-20-24-28-32-40-50-62(51-41-33-29-25-21-17-13-9-2)64(70)73-59-45-37-36-44-55-68(7)56-49-58-69(57-48-54-67(5)6)66(72)75-61-47-39-38-46-60-74-65(71)63(52-42-34-30-26-22-18-14-10-3)53-43-35-31-27-23-19-15-11-4/h62-63H,8-61H2,1-7H3. The summed E-state index contributed by atoms with van der Waals surface area (Å²) in [5.74, 6) is 0.209. The molecule has 0 saturated heterocycles. The fourth-order valence-corrected chi connectivity index (χ4v) is 10.6. The number of rotatable bonds is 60. The lowest BCUT2D eigenvalue weighted by molar-refractivity contribution is -0.150. The summed E-state index contributed by atoms with van der Waals surface area (Å²) >= 11 is 0. The van der Waals surface area contributed by atoms with Crippen LogP contribution in [0.3, 0.4) is 0 Å². The van der Waals surface area contributed by atoms with E-state index in [4.69, 9.17) is 14.2 Å². The average molecular weight is 1060 g/mol. The van der Waals surface area contributed by atoms with Crippen molar-refractivity contribution < 1.29 is 28.6 Å². The molecule has 9 heteroatoms. The lowest BCUT2D eigenvalue weighted by Gasteiger charge is -2.24. The van der Waals surface area contributed by atoms with Gasteiger partial charge < -0.3 is 28.9 Å². The van der Waals surface area contributed by atoms with E-state index >= 15 is 0 Å². The van der Waals surface area contributed by atoms with Crippen molar-refractivity contribution in [3.8, 4) is 0 Å². The van der Waals surface area contributed by atoms with Crippen molar-refractivity contribution in [1.82, 2.24) is 14.7 Å². The molecule has 0 bridgehead atoms. The predicted octanol–water partition coefficient (Wildman–Crippen LogP) is 19.3. The summed E-state index contributed by atoms with van der Waals surface area (Å²) in [6.07, 6.45) is 54.9. The number of ether oxygens (including phenoxy) is 3. The third kappa shape index (κ3) is 51.3. The van der Waals surface area contributed by atoms with Crippen molar-refractivity contribution in [2.75, 3.05) is 73.7 Å². The third-order valence-corrected chi connectivity index (χ3v) is 15.7. The highest BCUT2D eigenvalue weighted by atomic mass is 16.6. The van der Waals surface area contributed by atoms with Gasteiger partial charge in [-0.2, -0.15) is 0 Å².